The van der Waals surface area contributed by atoms with Gasteiger partial charge < -0.3 is 62.7 Å². The van der Waals surface area contributed by atoms with Crippen molar-refractivity contribution in [2.45, 2.75) is 192 Å². The molecule has 0 unspecified atom stereocenters. The lowest BCUT2D eigenvalue weighted by atomic mass is 9.73. The van der Waals surface area contributed by atoms with E-state index in [4.69, 9.17) is 37.9 Å². The van der Waals surface area contributed by atoms with Gasteiger partial charge in [0.1, 0.15) is 36.8 Å². The Morgan fingerprint density at radius 2 is 1.68 bits per heavy atom. The Kier molecular flexibility index (Phi) is 17.5. The molecule has 0 radical (unpaired) electrons. The highest BCUT2D eigenvalue weighted by Crippen LogP contribution is 2.43. The predicted molar refractivity (Wildman–Crippen MR) is 219 cm³/mol. The second-order valence-corrected chi connectivity index (χ2v) is 19.1. The number of fused-ring (bicyclic) bond motifs is 1. The number of esters is 1. The number of rotatable bonds is 11. The molecule has 0 aromatic carbocycles. The molecule has 2 N–H and O–H groups in total. The monoisotopic (exact) mass is 843 g/mol. The van der Waals surface area contributed by atoms with E-state index in [1.807, 2.05) is 67.6 Å². The summed E-state index contributed by atoms with van der Waals surface area (Å²) >= 11 is 0. The number of aldehydes is 1. The van der Waals surface area contributed by atoms with Gasteiger partial charge in [-0.2, -0.15) is 0 Å². The van der Waals surface area contributed by atoms with Crippen LogP contribution < -0.4 is 0 Å². The minimum absolute atomic E-state index is 0.00228. The van der Waals surface area contributed by atoms with Gasteiger partial charge in [-0.1, -0.05) is 20.8 Å². The van der Waals surface area contributed by atoms with Crippen LogP contribution in [0.5, 0.6) is 0 Å². The zero-order chi connectivity index (χ0) is 44.2. The van der Waals surface area contributed by atoms with Crippen LogP contribution in [0.15, 0.2) is 0 Å². The van der Waals surface area contributed by atoms with Gasteiger partial charge in [0.25, 0.3) is 0 Å². The van der Waals surface area contributed by atoms with Crippen molar-refractivity contribution in [3.05, 3.63) is 0 Å². The zero-order valence-corrected chi connectivity index (χ0v) is 38.4. The van der Waals surface area contributed by atoms with Crippen molar-refractivity contribution in [2.75, 3.05) is 48.0 Å². The number of methoxy groups -OCH3 is 1. The van der Waals surface area contributed by atoms with Gasteiger partial charge >= 0.3 is 5.97 Å². The molecule has 4 aliphatic rings. The maximum atomic E-state index is 14.7. The van der Waals surface area contributed by atoms with E-state index < -0.39 is 83.8 Å². The number of ketones is 1. The van der Waals surface area contributed by atoms with Crippen LogP contribution in [-0.4, -0.2) is 170 Å². The van der Waals surface area contributed by atoms with Crippen LogP contribution in [0.25, 0.3) is 0 Å². The third-order valence-corrected chi connectivity index (χ3v) is 13.9. The molecule has 15 nitrogen and oxygen atoms in total. The minimum Gasteiger partial charge on any atom is -0.459 e. The summed E-state index contributed by atoms with van der Waals surface area (Å²) in [4.78, 5) is 42.9. The van der Waals surface area contributed by atoms with Crippen molar-refractivity contribution in [1.82, 2.24) is 9.80 Å². The van der Waals surface area contributed by atoms with Crippen molar-refractivity contribution in [1.29, 1.82) is 0 Å². The van der Waals surface area contributed by atoms with Gasteiger partial charge in [0.05, 0.1) is 48.1 Å². The van der Waals surface area contributed by atoms with Crippen molar-refractivity contribution in [2.24, 2.45) is 23.7 Å². The smallest absolute Gasteiger partial charge is 0.311 e. The fourth-order valence-corrected chi connectivity index (χ4v) is 10.5. The number of Topliss-reactive ketones (excluding diaryl/α,β-unsaturated/α-hetero) is 1. The maximum absolute atomic E-state index is 14.7. The standard InChI is InChI=1S/C44H78N2O13/c1-15-34-44(10)32(20-31(48)24-54-44)29(6)46(13)23-25(2)21-42(8,51)38(59-41-36(49)33(45(11)12)19-26(3)55-41)27(4)37(28(5)40(50)57-34)58-35-22-43(9,52-14)39(30(7)56-35)53-18-16-17-47/h17,25-30,32-39,41,49,51H,15-16,18-24H2,1-14H3/t25-,26-,27+,28-,29-,30+,32-,33+,34-,35+,36-,37+,38-,39+,41+,42-,43-,44+/m1/s1. The van der Waals surface area contributed by atoms with Crippen LogP contribution >= 0.6 is 0 Å². The summed E-state index contributed by atoms with van der Waals surface area (Å²) in [5, 5.41) is 24.4. The quantitative estimate of drug-likeness (QED) is 0.175. The Bertz CT molecular complexity index is 1390. The van der Waals surface area contributed by atoms with Crippen LogP contribution in [-0.2, 0) is 52.3 Å². The van der Waals surface area contributed by atoms with Crippen molar-refractivity contribution in [3.8, 4) is 0 Å². The average Bonchev–Trinajstić information content (AvgIpc) is 3.16. The van der Waals surface area contributed by atoms with Gasteiger partial charge in [-0.15, -0.1) is 0 Å². The third kappa shape index (κ3) is 11.5. The predicted octanol–water partition coefficient (Wildman–Crippen LogP) is 3.77. The van der Waals surface area contributed by atoms with Gasteiger partial charge in [-0.25, -0.2) is 0 Å². The zero-order valence-electron chi connectivity index (χ0n) is 38.4. The number of likely N-dealkylation sites (N-methyl/N-ethyl adjacent to an activating group) is 1. The van der Waals surface area contributed by atoms with E-state index >= 15 is 0 Å². The number of aliphatic hydroxyl groups excluding tert-OH is 1. The lowest BCUT2D eigenvalue weighted by Crippen LogP contribution is -2.61. The topological polar surface area (TPSA) is 172 Å². The maximum Gasteiger partial charge on any atom is 0.311 e. The van der Waals surface area contributed by atoms with Crippen LogP contribution in [0.4, 0.5) is 0 Å². The molecule has 4 rings (SSSR count). The Hall–Kier alpha value is -1.63. The number of ether oxygens (including phenoxy) is 8. The Labute approximate surface area is 353 Å². The van der Waals surface area contributed by atoms with Crippen molar-refractivity contribution >= 4 is 18.0 Å². The summed E-state index contributed by atoms with van der Waals surface area (Å²) in [6.45, 7) is 19.8. The Morgan fingerprint density at radius 1 is 1.00 bits per heavy atom. The van der Waals surface area contributed by atoms with Crippen LogP contribution in [0.1, 0.15) is 108 Å². The molecule has 4 saturated heterocycles. The van der Waals surface area contributed by atoms with E-state index in [1.54, 1.807) is 21.0 Å². The second-order valence-electron chi connectivity index (χ2n) is 19.1. The van der Waals surface area contributed by atoms with Gasteiger partial charge in [-0.05, 0) is 94.8 Å². The number of hydrogen-bond donors (Lipinski definition) is 2. The number of carbonyl (C=O) groups is 3. The molecule has 0 bridgehead atoms. The summed E-state index contributed by atoms with van der Waals surface area (Å²) in [6, 6.07) is -0.409. The highest BCUT2D eigenvalue weighted by Gasteiger charge is 2.54. The SMILES string of the molecule is CC[C@H]1OC(=O)[C@H](C)[C@@H](O[C@H]2C[C@@](C)(OC)[C@@H](OCCC=O)[C@H](C)O2)[C@H](C)[C@@H](O[C@@H]2O[C@H](C)C[C@H](N(C)C)[C@H]2O)[C@](C)(O)C[C@@H](C)CN(C)[C@H](C)[C@H]2CC(=O)CO[C@@]21C. The molecule has 342 valence electrons. The van der Waals surface area contributed by atoms with Gasteiger partial charge in [-0.3, -0.25) is 9.59 Å². The first-order valence-electron chi connectivity index (χ1n) is 21.9. The Balaban J connectivity index is 1.83. The van der Waals surface area contributed by atoms with Crippen LogP contribution in [0.2, 0.25) is 0 Å². The molecule has 59 heavy (non-hydrogen) atoms. The van der Waals surface area contributed by atoms with E-state index in [1.165, 1.54) is 0 Å². The molecule has 0 amide bonds. The molecule has 0 aromatic heterocycles. The van der Waals surface area contributed by atoms with Crippen molar-refractivity contribution < 1.29 is 62.5 Å². The lowest BCUT2D eigenvalue weighted by Gasteiger charge is -2.49. The fourth-order valence-electron chi connectivity index (χ4n) is 10.5. The highest BCUT2D eigenvalue weighted by atomic mass is 16.7. The van der Waals surface area contributed by atoms with E-state index in [-0.39, 0.29) is 74.7 Å². The van der Waals surface area contributed by atoms with Gasteiger partial charge in [0, 0.05) is 56.8 Å². The van der Waals surface area contributed by atoms with E-state index in [0.29, 0.717) is 19.4 Å². The third-order valence-electron chi connectivity index (χ3n) is 13.9. The first-order chi connectivity index (χ1) is 27.5. The highest BCUT2D eigenvalue weighted by molar-refractivity contribution is 5.81. The van der Waals surface area contributed by atoms with E-state index in [0.717, 1.165) is 6.29 Å². The summed E-state index contributed by atoms with van der Waals surface area (Å²) in [6.07, 6.45) is -4.15. The average molecular weight is 843 g/mol. The molecule has 4 aliphatic heterocycles. The molecule has 4 fully saturated rings. The number of hydrogen-bond acceptors (Lipinski definition) is 15. The largest absolute Gasteiger partial charge is 0.459 e. The fraction of sp³-hybridized carbons (Fsp3) is 0.932. The molecule has 0 aliphatic carbocycles. The molecular weight excluding hydrogens is 764 g/mol. The number of aliphatic hydroxyl groups is 2. The Morgan fingerprint density at radius 3 is 2.29 bits per heavy atom. The van der Waals surface area contributed by atoms with E-state index in [2.05, 4.69) is 18.7 Å². The van der Waals surface area contributed by atoms with Crippen LogP contribution in [0, 0.1) is 23.7 Å². The molecule has 4 heterocycles. The molecular formula is C44H78N2O13. The summed E-state index contributed by atoms with van der Waals surface area (Å²) in [5.74, 6) is -2.55. The summed E-state index contributed by atoms with van der Waals surface area (Å²) < 4.78 is 51.6. The van der Waals surface area contributed by atoms with Gasteiger partial charge in [0.15, 0.2) is 18.4 Å². The molecule has 0 aromatic rings. The first-order valence-corrected chi connectivity index (χ1v) is 21.9. The lowest BCUT2D eigenvalue weighted by molar-refractivity contribution is -0.320. The normalized spacial score (nSPS) is 46.2. The van der Waals surface area contributed by atoms with Crippen LogP contribution in [0.3, 0.4) is 0 Å². The number of cyclic esters (lactones) is 1. The summed E-state index contributed by atoms with van der Waals surface area (Å²) in [5.41, 5.74) is -3.39. The summed E-state index contributed by atoms with van der Waals surface area (Å²) in [7, 11) is 7.41. The van der Waals surface area contributed by atoms with Gasteiger partial charge in [0.2, 0.25) is 0 Å². The molecule has 18 atom stereocenters. The van der Waals surface area contributed by atoms with Crippen molar-refractivity contribution in [3.63, 3.8) is 0 Å². The molecule has 15 heteroatoms. The molecule has 0 saturated carbocycles. The van der Waals surface area contributed by atoms with E-state index in [9.17, 15) is 24.6 Å². The second kappa shape index (κ2) is 20.7. The number of nitrogens with zero attached hydrogens (tertiary/aromatic N) is 2. The first kappa shape index (κ1) is 50.0. The number of carbonyl (C=O) groups excluding carboxylic acids is 3. The minimum atomic E-state index is -1.53. The molecule has 0 spiro atoms.